The highest BCUT2D eigenvalue weighted by atomic mass is 32.2. The van der Waals surface area contributed by atoms with Crippen LogP contribution in [0.3, 0.4) is 0 Å². The molecule has 0 spiro atoms. The molecule has 0 saturated heterocycles. The Bertz CT molecular complexity index is 1130. The zero-order valence-corrected chi connectivity index (χ0v) is 15.4. The average molecular weight is 424 g/mol. The number of hydrogen-bond donors (Lipinski definition) is 5. The van der Waals surface area contributed by atoms with Gasteiger partial charge in [0.2, 0.25) is 5.78 Å². The number of allylic oxidation sites excluding steroid dienone is 1. The lowest BCUT2D eigenvalue weighted by Gasteiger charge is -2.09. The molecule has 2 aliphatic rings. The van der Waals surface area contributed by atoms with Gasteiger partial charge in [0.25, 0.3) is 10.1 Å². The van der Waals surface area contributed by atoms with Crippen molar-refractivity contribution in [3.05, 3.63) is 58.9 Å². The van der Waals surface area contributed by atoms with E-state index in [1.54, 1.807) is 18.2 Å². The summed E-state index contributed by atoms with van der Waals surface area (Å²) < 4.78 is 36.1. The molecule has 10 nitrogen and oxygen atoms in total. The van der Waals surface area contributed by atoms with Gasteiger partial charge < -0.3 is 15.7 Å². The second kappa shape index (κ2) is 6.86. The van der Waals surface area contributed by atoms with Crippen molar-refractivity contribution in [2.75, 3.05) is 10.6 Å². The highest BCUT2D eigenvalue weighted by Crippen LogP contribution is 2.42. The zero-order valence-electron chi connectivity index (χ0n) is 13.7. The van der Waals surface area contributed by atoms with E-state index in [4.69, 9.17) is 5.26 Å². The van der Waals surface area contributed by atoms with Crippen molar-refractivity contribution in [1.82, 2.24) is 0 Å². The first kappa shape index (κ1) is 18.9. The molecule has 0 fully saturated rings. The summed E-state index contributed by atoms with van der Waals surface area (Å²) in [5.74, 6) is -0.526. The summed E-state index contributed by atoms with van der Waals surface area (Å²) in [6.07, 6.45) is -1.16. The van der Waals surface area contributed by atoms with E-state index in [-0.39, 0.29) is 17.0 Å². The van der Waals surface area contributed by atoms with Crippen LogP contribution in [0.4, 0.5) is 11.4 Å². The third-order valence-electron chi connectivity index (χ3n) is 4.31. The van der Waals surface area contributed by atoms with Crippen LogP contribution in [0, 0.1) is 0 Å². The minimum absolute atomic E-state index is 0.0623. The molecule has 5 N–H and O–H groups in total. The molecule has 1 atom stereocenters. The van der Waals surface area contributed by atoms with Gasteiger partial charge >= 0.3 is 0 Å². The molecule has 0 radical (unpaired) electrons. The van der Waals surface area contributed by atoms with Gasteiger partial charge in [-0.05, 0) is 36.4 Å². The Kier molecular flexibility index (Phi) is 4.63. The predicted molar refractivity (Wildman–Crippen MR) is 96.9 cm³/mol. The molecule has 0 aliphatic carbocycles. The molecular weight excluding hydrogens is 412 g/mol. The average Bonchev–Trinajstić information content (AvgIpc) is 3.16. The van der Waals surface area contributed by atoms with E-state index in [0.717, 1.165) is 18.1 Å². The van der Waals surface area contributed by atoms with Crippen LogP contribution >= 0.6 is 12.0 Å². The molecule has 2 aliphatic heterocycles. The fourth-order valence-corrected chi connectivity index (χ4v) is 3.97. The van der Waals surface area contributed by atoms with Gasteiger partial charge in [-0.1, -0.05) is 5.04 Å². The van der Waals surface area contributed by atoms with Gasteiger partial charge in [-0.3, -0.25) is 9.35 Å². The number of rotatable bonds is 4. The van der Waals surface area contributed by atoms with E-state index in [2.05, 4.69) is 20.0 Å². The summed E-state index contributed by atoms with van der Waals surface area (Å²) in [6, 6.07) is 8.49. The fourth-order valence-electron chi connectivity index (χ4n) is 3.05. The summed E-state index contributed by atoms with van der Waals surface area (Å²) in [6.45, 7) is 0. The number of benzene rings is 2. The summed E-state index contributed by atoms with van der Waals surface area (Å²) in [7, 11) is -4.45. The van der Waals surface area contributed by atoms with Crippen molar-refractivity contribution in [3.8, 4) is 0 Å². The van der Waals surface area contributed by atoms with Crippen LogP contribution < -0.4 is 10.6 Å². The maximum atomic E-state index is 12.8. The summed E-state index contributed by atoms with van der Waals surface area (Å²) in [5.41, 5.74) is 1.72. The molecule has 28 heavy (non-hydrogen) atoms. The van der Waals surface area contributed by atoms with Gasteiger partial charge in [-0.2, -0.15) is 8.42 Å². The highest BCUT2D eigenvalue weighted by Gasteiger charge is 2.35. The van der Waals surface area contributed by atoms with Crippen molar-refractivity contribution in [2.45, 2.75) is 15.9 Å². The topological polar surface area (TPSA) is 154 Å². The van der Waals surface area contributed by atoms with Gasteiger partial charge in [0.05, 0.1) is 28.3 Å². The van der Waals surface area contributed by atoms with Gasteiger partial charge in [0.1, 0.15) is 11.8 Å². The lowest BCUT2D eigenvalue weighted by molar-refractivity contribution is -0.432. The second-order valence-corrected chi connectivity index (χ2v) is 8.12. The second-order valence-electron chi connectivity index (χ2n) is 5.93. The number of ketones is 1. The van der Waals surface area contributed by atoms with Crippen LogP contribution in [-0.2, 0) is 19.5 Å². The number of Topliss-reactive ketones (excluding diaryl/α,β-unsaturated/α-hetero) is 1. The molecule has 1 unspecified atom stereocenters. The number of carbonyl (C=O) groups is 1. The largest absolute Gasteiger partial charge is 0.382 e. The first-order valence-corrected chi connectivity index (χ1v) is 9.89. The van der Waals surface area contributed by atoms with Crippen LogP contribution in [0.25, 0.3) is 0 Å². The Labute approximate surface area is 162 Å². The first-order chi connectivity index (χ1) is 13.3. The Morgan fingerprint density at radius 3 is 2.54 bits per heavy atom. The maximum absolute atomic E-state index is 12.8. The minimum atomic E-state index is -4.45. The van der Waals surface area contributed by atoms with E-state index in [0.29, 0.717) is 21.8 Å². The Hall–Kier alpha value is -2.45. The number of hydrogen-bond acceptors (Lipinski definition) is 10. The lowest BCUT2D eigenvalue weighted by Crippen LogP contribution is -2.12. The van der Waals surface area contributed by atoms with E-state index in [1.165, 1.54) is 12.1 Å². The van der Waals surface area contributed by atoms with Crippen molar-refractivity contribution in [3.63, 3.8) is 0 Å². The molecule has 0 saturated carbocycles. The molecule has 0 amide bonds. The van der Waals surface area contributed by atoms with E-state index < -0.39 is 26.9 Å². The summed E-state index contributed by atoms with van der Waals surface area (Å²) in [5, 5.41) is 28.3. The van der Waals surface area contributed by atoms with Crippen molar-refractivity contribution < 1.29 is 37.5 Å². The Balaban J connectivity index is 1.69. The van der Waals surface area contributed by atoms with Crippen LogP contribution in [0.1, 0.15) is 22.0 Å². The Morgan fingerprint density at radius 1 is 1.07 bits per heavy atom. The molecule has 4 rings (SSSR count). The molecule has 2 heterocycles. The number of carbonyl (C=O) groups excluding carboxylic acids is 1. The van der Waals surface area contributed by atoms with Gasteiger partial charge in [0, 0.05) is 21.7 Å². The lowest BCUT2D eigenvalue weighted by atomic mass is 10.1. The smallest absolute Gasteiger partial charge is 0.294 e. The quantitative estimate of drug-likeness (QED) is 0.161. The number of fused-ring (bicyclic) bond motifs is 2. The van der Waals surface area contributed by atoms with Gasteiger partial charge in [-0.15, -0.1) is 4.33 Å². The van der Waals surface area contributed by atoms with E-state index in [1.807, 2.05) is 0 Å². The van der Waals surface area contributed by atoms with Crippen molar-refractivity contribution in [2.24, 2.45) is 0 Å². The zero-order chi connectivity index (χ0) is 20.1. The molecule has 146 valence electrons. The summed E-state index contributed by atoms with van der Waals surface area (Å²) in [4.78, 5) is 12.9. The third kappa shape index (κ3) is 3.16. The van der Waals surface area contributed by atoms with Crippen molar-refractivity contribution in [1.29, 1.82) is 0 Å². The fraction of sp³-hybridized carbons (Fsp3) is 0.0625. The molecule has 0 bridgehead atoms. The van der Waals surface area contributed by atoms with Crippen LogP contribution in [0.5, 0.6) is 0 Å². The van der Waals surface area contributed by atoms with Crippen LogP contribution in [-0.4, -0.2) is 29.1 Å². The van der Waals surface area contributed by atoms with E-state index >= 15 is 0 Å². The third-order valence-corrected chi connectivity index (χ3v) is 5.74. The molecule has 2 aromatic rings. The monoisotopic (exact) mass is 424 g/mol. The standard InChI is InChI=1S/C16H12N2O8S2/c19-15-9-5-7(27-26-25-21)1-3-11(9)17-13(15)14-16(20)10-6-8(28(22,23)24)2-4-12(10)18-14/h1-6,15,17-19,21H,(H,22,23,24)/b14-13-. The van der Waals surface area contributed by atoms with Crippen molar-refractivity contribution >= 4 is 39.3 Å². The first-order valence-electron chi connectivity index (χ1n) is 7.71. The minimum Gasteiger partial charge on any atom is -0.382 e. The van der Waals surface area contributed by atoms with Gasteiger partial charge in [0.15, 0.2) is 0 Å². The van der Waals surface area contributed by atoms with Crippen LogP contribution in [0.15, 0.2) is 57.6 Å². The number of anilines is 2. The normalized spacial score (nSPS) is 20.5. The molecular formula is C16H12N2O8S2. The molecule has 12 heteroatoms. The number of nitrogens with one attached hydrogen (secondary N) is 2. The Morgan fingerprint density at radius 2 is 1.82 bits per heavy atom. The SMILES string of the molecule is O=C1/C(=C2/Nc3ccc(SOOO)cc3C2O)Nc2ccc(S(=O)(=O)O)cc21. The highest BCUT2D eigenvalue weighted by molar-refractivity contribution is 7.94. The number of aliphatic hydroxyl groups excluding tert-OH is 1. The molecule has 0 aromatic heterocycles. The van der Waals surface area contributed by atoms with Crippen LogP contribution in [0.2, 0.25) is 0 Å². The maximum Gasteiger partial charge on any atom is 0.294 e. The number of aliphatic hydroxyl groups is 1. The molecule has 2 aromatic carbocycles. The summed E-state index contributed by atoms with van der Waals surface area (Å²) >= 11 is 0.726. The van der Waals surface area contributed by atoms with E-state index in [9.17, 15) is 22.9 Å². The predicted octanol–water partition coefficient (Wildman–Crippen LogP) is 2.34. The van der Waals surface area contributed by atoms with Gasteiger partial charge in [-0.25, -0.2) is 5.26 Å².